The molecule has 1 atom stereocenters. The Kier molecular flexibility index (Phi) is 4.86. The van der Waals surface area contributed by atoms with Gasteiger partial charge in [-0.2, -0.15) is 18.3 Å². The minimum absolute atomic E-state index is 0.136. The highest BCUT2D eigenvalue weighted by Gasteiger charge is 2.50. The van der Waals surface area contributed by atoms with Crippen LogP contribution >= 0.6 is 0 Å². The molecule has 150 valence electrons. The van der Waals surface area contributed by atoms with Crippen LogP contribution in [0, 0.1) is 5.92 Å². The molecule has 0 bridgehead atoms. The van der Waals surface area contributed by atoms with E-state index in [0.717, 1.165) is 35.9 Å². The Bertz CT molecular complexity index is 831. The van der Waals surface area contributed by atoms with Crippen molar-refractivity contribution in [2.45, 2.75) is 38.1 Å². The maximum Gasteiger partial charge on any atom is 0.406 e. The summed E-state index contributed by atoms with van der Waals surface area (Å²) in [6.45, 7) is 2.04. The molecule has 0 radical (unpaired) electrons. The Morgan fingerprint density at radius 2 is 1.96 bits per heavy atom. The zero-order chi connectivity index (χ0) is 19.9. The molecular formula is C19H21F3N4O2. The van der Waals surface area contributed by atoms with E-state index in [2.05, 4.69) is 15.1 Å². The first-order chi connectivity index (χ1) is 13.4. The van der Waals surface area contributed by atoms with Crippen LogP contribution in [0.25, 0.3) is 0 Å². The number of rotatable bonds is 3. The molecule has 1 fully saturated rings. The zero-order valence-electron chi connectivity index (χ0n) is 15.4. The third-order valence-electron chi connectivity index (χ3n) is 5.66. The third-order valence-corrected chi connectivity index (χ3v) is 5.66. The molecule has 3 heterocycles. The summed E-state index contributed by atoms with van der Waals surface area (Å²) in [4.78, 5) is 15.6. The van der Waals surface area contributed by atoms with Gasteiger partial charge < -0.3 is 14.5 Å². The molecule has 0 N–H and O–H groups in total. The number of benzene rings is 1. The van der Waals surface area contributed by atoms with Crippen LogP contribution in [0.1, 0.15) is 24.0 Å². The van der Waals surface area contributed by atoms with E-state index >= 15 is 0 Å². The first-order valence-corrected chi connectivity index (χ1v) is 9.24. The van der Waals surface area contributed by atoms with E-state index in [1.165, 1.54) is 0 Å². The van der Waals surface area contributed by atoms with Crippen LogP contribution in [0.2, 0.25) is 0 Å². The first kappa shape index (κ1) is 18.9. The van der Waals surface area contributed by atoms with Gasteiger partial charge in [0.25, 0.3) is 5.91 Å². The number of azo groups is 1. The van der Waals surface area contributed by atoms with Gasteiger partial charge in [0.1, 0.15) is 0 Å². The van der Waals surface area contributed by atoms with Crippen molar-refractivity contribution in [3.8, 4) is 0 Å². The molecule has 1 unspecified atom stereocenters. The average Bonchev–Trinajstić information content (AvgIpc) is 3.11. The molecule has 1 aromatic carbocycles. The number of anilines is 1. The normalized spacial score (nSPS) is 23.0. The zero-order valence-corrected chi connectivity index (χ0v) is 15.4. The van der Waals surface area contributed by atoms with Crippen molar-refractivity contribution in [2.24, 2.45) is 16.1 Å². The number of amides is 1. The SMILES string of the molecule is CN(c1cccc2c1CN(C1=CN=NC(=O)C1C(F)(F)F)C2)C1CCOCC1. The van der Waals surface area contributed by atoms with Gasteiger partial charge in [0, 0.05) is 45.1 Å². The van der Waals surface area contributed by atoms with E-state index in [1.54, 1.807) is 4.90 Å². The molecule has 1 saturated heterocycles. The monoisotopic (exact) mass is 394 g/mol. The van der Waals surface area contributed by atoms with Gasteiger partial charge in [-0.15, -0.1) is 5.11 Å². The van der Waals surface area contributed by atoms with Crippen molar-refractivity contribution in [1.29, 1.82) is 0 Å². The molecule has 28 heavy (non-hydrogen) atoms. The average molecular weight is 394 g/mol. The van der Waals surface area contributed by atoms with Gasteiger partial charge in [-0.1, -0.05) is 12.1 Å². The minimum atomic E-state index is -4.70. The number of carbonyl (C=O) groups is 1. The lowest BCUT2D eigenvalue weighted by Crippen LogP contribution is -2.38. The lowest BCUT2D eigenvalue weighted by molar-refractivity contribution is -0.177. The topological polar surface area (TPSA) is 57.5 Å². The molecule has 4 rings (SSSR count). The standard InChI is InChI=1S/C19H21F3N4O2/c1-25(13-5-7-28-8-6-13)15-4-2-3-12-10-26(11-14(12)15)16-9-23-24-18(27)17(16)19(20,21)22/h2-4,9,13,17H,5-8,10-11H2,1H3. The van der Waals surface area contributed by atoms with Crippen LogP contribution in [-0.4, -0.2) is 43.3 Å². The van der Waals surface area contributed by atoms with Gasteiger partial charge >= 0.3 is 6.18 Å². The van der Waals surface area contributed by atoms with Gasteiger partial charge in [0.05, 0.1) is 11.9 Å². The summed E-state index contributed by atoms with van der Waals surface area (Å²) in [5.74, 6) is -3.52. The molecule has 1 amide bonds. The maximum atomic E-state index is 13.5. The van der Waals surface area contributed by atoms with Gasteiger partial charge in [-0.05, 0) is 30.0 Å². The van der Waals surface area contributed by atoms with Crippen LogP contribution < -0.4 is 4.90 Å². The Morgan fingerprint density at radius 3 is 2.68 bits per heavy atom. The summed E-state index contributed by atoms with van der Waals surface area (Å²) < 4.78 is 45.8. The number of alkyl halides is 3. The van der Waals surface area contributed by atoms with Crippen LogP contribution in [0.15, 0.2) is 40.3 Å². The Balaban J connectivity index is 1.61. The van der Waals surface area contributed by atoms with Gasteiger partial charge in [-0.25, -0.2) is 0 Å². The van der Waals surface area contributed by atoms with Crippen molar-refractivity contribution < 1.29 is 22.7 Å². The van der Waals surface area contributed by atoms with Crippen molar-refractivity contribution in [1.82, 2.24) is 4.90 Å². The molecule has 0 spiro atoms. The highest BCUT2D eigenvalue weighted by atomic mass is 19.4. The van der Waals surface area contributed by atoms with Gasteiger partial charge in [0.2, 0.25) is 0 Å². The van der Waals surface area contributed by atoms with Crippen molar-refractivity contribution in [3.63, 3.8) is 0 Å². The highest BCUT2D eigenvalue weighted by Crippen LogP contribution is 2.41. The molecule has 0 saturated carbocycles. The van der Waals surface area contributed by atoms with Crippen LogP contribution in [0.3, 0.4) is 0 Å². The second-order valence-corrected chi connectivity index (χ2v) is 7.31. The number of hydrogen-bond acceptors (Lipinski definition) is 5. The number of halogens is 3. The minimum Gasteiger partial charge on any atom is -0.381 e. The van der Waals surface area contributed by atoms with Crippen molar-refractivity contribution >= 4 is 11.6 Å². The smallest absolute Gasteiger partial charge is 0.381 e. The Labute approximate surface area is 160 Å². The summed E-state index contributed by atoms with van der Waals surface area (Å²) in [7, 11) is 2.02. The second kappa shape index (κ2) is 7.20. The second-order valence-electron chi connectivity index (χ2n) is 7.31. The van der Waals surface area contributed by atoms with E-state index in [4.69, 9.17) is 4.74 Å². The quantitative estimate of drug-likeness (QED) is 0.786. The number of carbonyl (C=O) groups excluding carboxylic acids is 1. The Morgan fingerprint density at radius 1 is 1.21 bits per heavy atom. The van der Waals surface area contributed by atoms with Gasteiger partial charge in [-0.3, -0.25) is 4.79 Å². The summed E-state index contributed by atoms with van der Waals surface area (Å²) in [6, 6.07) is 6.18. The van der Waals surface area contributed by atoms with E-state index < -0.39 is 18.0 Å². The lowest BCUT2D eigenvalue weighted by atomic mass is 10.0. The Hall–Kier alpha value is -2.42. The molecule has 3 aliphatic rings. The molecule has 1 aromatic rings. The van der Waals surface area contributed by atoms with E-state index in [9.17, 15) is 18.0 Å². The largest absolute Gasteiger partial charge is 0.406 e. The molecule has 6 nitrogen and oxygen atoms in total. The molecule has 9 heteroatoms. The van der Waals surface area contributed by atoms with Crippen molar-refractivity contribution in [2.75, 3.05) is 25.2 Å². The maximum absolute atomic E-state index is 13.5. The number of ether oxygens (including phenoxy) is 1. The fourth-order valence-electron chi connectivity index (χ4n) is 4.16. The fourth-order valence-corrected chi connectivity index (χ4v) is 4.16. The number of hydrogen-bond donors (Lipinski definition) is 0. The summed E-state index contributed by atoms with van der Waals surface area (Å²) in [6.07, 6.45) is -1.80. The first-order valence-electron chi connectivity index (χ1n) is 9.24. The summed E-state index contributed by atoms with van der Waals surface area (Å²) >= 11 is 0. The fraction of sp³-hybridized carbons (Fsp3) is 0.526. The van der Waals surface area contributed by atoms with Crippen molar-refractivity contribution in [3.05, 3.63) is 41.2 Å². The van der Waals surface area contributed by atoms with Crippen LogP contribution in [0.5, 0.6) is 0 Å². The van der Waals surface area contributed by atoms with Crippen LogP contribution in [0.4, 0.5) is 18.9 Å². The lowest BCUT2D eigenvalue weighted by Gasteiger charge is -2.34. The number of fused-ring (bicyclic) bond motifs is 1. The van der Waals surface area contributed by atoms with Gasteiger partial charge in [0.15, 0.2) is 5.92 Å². The molecule has 3 aliphatic heterocycles. The summed E-state index contributed by atoms with van der Waals surface area (Å²) in [5.41, 5.74) is 2.84. The predicted molar refractivity (Wildman–Crippen MR) is 95.4 cm³/mol. The number of nitrogens with zero attached hydrogens (tertiary/aromatic N) is 4. The summed E-state index contributed by atoms with van der Waals surface area (Å²) in [5, 5.41) is 6.59. The molecular weight excluding hydrogens is 373 g/mol. The van der Waals surface area contributed by atoms with E-state index in [1.807, 2.05) is 25.2 Å². The third kappa shape index (κ3) is 3.39. The van der Waals surface area contributed by atoms with E-state index in [0.29, 0.717) is 32.3 Å². The molecule has 0 aromatic heterocycles. The highest BCUT2D eigenvalue weighted by molar-refractivity contribution is 5.83. The van der Waals surface area contributed by atoms with Crippen LogP contribution in [-0.2, 0) is 22.6 Å². The molecule has 0 aliphatic carbocycles. The predicted octanol–water partition coefficient (Wildman–Crippen LogP) is 3.63. The van der Waals surface area contributed by atoms with E-state index in [-0.39, 0.29) is 5.70 Å².